The summed E-state index contributed by atoms with van der Waals surface area (Å²) < 4.78 is 10.7. The molecule has 4 aromatic carbocycles. The molecule has 208 valence electrons. The molecule has 0 aliphatic heterocycles. The number of aryl methyl sites for hydroxylation is 1. The number of amides is 1. The maximum absolute atomic E-state index is 13.3. The fourth-order valence-electron chi connectivity index (χ4n) is 4.82. The van der Waals surface area contributed by atoms with Crippen molar-refractivity contribution in [2.75, 3.05) is 20.8 Å². The lowest BCUT2D eigenvalue weighted by molar-refractivity contribution is -0.122. The van der Waals surface area contributed by atoms with Gasteiger partial charge >= 0.3 is 0 Å². The predicted octanol–water partition coefficient (Wildman–Crippen LogP) is 5.10. The van der Waals surface area contributed by atoms with E-state index in [1.807, 2.05) is 97.9 Å². The Morgan fingerprint density at radius 1 is 0.775 bits per heavy atom. The van der Waals surface area contributed by atoms with Crippen molar-refractivity contribution in [1.29, 1.82) is 0 Å². The highest BCUT2D eigenvalue weighted by Gasteiger charge is 2.22. The van der Waals surface area contributed by atoms with Crippen molar-refractivity contribution in [3.05, 3.63) is 119 Å². The molecule has 3 N–H and O–H groups in total. The average molecular weight is 539 g/mol. The summed E-state index contributed by atoms with van der Waals surface area (Å²) in [6.45, 7) is 2.94. The van der Waals surface area contributed by atoms with Gasteiger partial charge in [-0.1, -0.05) is 78.4 Å². The first kappa shape index (κ1) is 28.9. The Morgan fingerprint density at radius 2 is 1.48 bits per heavy atom. The summed E-state index contributed by atoms with van der Waals surface area (Å²) in [5.74, 6) is 1.45. The quantitative estimate of drug-likeness (QED) is 0.221. The molecule has 0 aromatic heterocycles. The SMILES string of the molecule is COc1cccc(CNC[C@@H](O)[C@H](Cc2ccccc2)NC(=O)Cc2cc(C)cc(-c3cccc(OC)c3)c2)c1. The summed E-state index contributed by atoms with van der Waals surface area (Å²) in [4.78, 5) is 13.3. The van der Waals surface area contributed by atoms with E-state index in [0.29, 0.717) is 19.5 Å². The molecule has 4 rings (SSSR count). The number of rotatable bonds is 13. The summed E-state index contributed by atoms with van der Waals surface area (Å²) in [6.07, 6.45) is -0.0367. The maximum atomic E-state index is 13.3. The van der Waals surface area contributed by atoms with Gasteiger partial charge in [0.2, 0.25) is 5.91 Å². The lowest BCUT2D eigenvalue weighted by Crippen LogP contribution is -2.49. The topological polar surface area (TPSA) is 79.8 Å². The molecule has 6 heteroatoms. The molecule has 40 heavy (non-hydrogen) atoms. The standard InChI is InChI=1S/C34H38N2O4/c1-24-15-27(17-29(16-24)28-12-8-14-31(21-28)40-3)20-34(38)36-32(19-25-9-5-4-6-10-25)33(37)23-35-22-26-11-7-13-30(18-26)39-2/h4-18,21,32-33,35,37H,19-20,22-23H2,1-3H3,(H,36,38)/t32-,33+/m0/s1. The molecule has 0 saturated heterocycles. The van der Waals surface area contributed by atoms with Crippen LogP contribution in [0.2, 0.25) is 0 Å². The van der Waals surface area contributed by atoms with E-state index in [0.717, 1.165) is 44.9 Å². The minimum absolute atomic E-state index is 0.130. The highest BCUT2D eigenvalue weighted by atomic mass is 16.5. The van der Waals surface area contributed by atoms with Crippen molar-refractivity contribution < 1.29 is 19.4 Å². The Labute approximate surface area is 237 Å². The second kappa shape index (κ2) is 14.3. The summed E-state index contributed by atoms with van der Waals surface area (Å²) >= 11 is 0. The van der Waals surface area contributed by atoms with E-state index in [1.165, 1.54) is 0 Å². The molecule has 0 spiro atoms. The zero-order valence-electron chi connectivity index (χ0n) is 23.4. The van der Waals surface area contributed by atoms with Crippen LogP contribution < -0.4 is 20.1 Å². The van der Waals surface area contributed by atoms with Gasteiger partial charge in [-0.05, 0) is 65.4 Å². The third-order valence-corrected chi connectivity index (χ3v) is 6.83. The lowest BCUT2D eigenvalue weighted by Gasteiger charge is -2.25. The van der Waals surface area contributed by atoms with Crippen LogP contribution in [0.15, 0.2) is 97.1 Å². The Morgan fingerprint density at radius 3 is 2.23 bits per heavy atom. The fourth-order valence-corrected chi connectivity index (χ4v) is 4.82. The van der Waals surface area contributed by atoms with Crippen LogP contribution in [-0.4, -0.2) is 43.9 Å². The van der Waals surface area contributed by atoms with Gasteiger partial charge in [0.25, 0.3) is 0 Å². The molecule has 0 heterocycles. The van der Waals surface area contributed by atoms with Crippen LogP contribution in [0, 0.1) is 6.92 Å². The highest BCUT2D eigenvalue weighted by Crippen LogP contribution is 2.26. The van der Waals surface area contributed by atoms with Gasteiger partial charge in [0, 0.05) is 13.1 Å². The van der Waals surface area contributed by atoms with Gasteiger partial charge in [0.15, 0.2) is 0 Å². The number of nitrogens with one attached hydrogen (secondary N) is 2. The van der Waals surface area contributed by atoms with Crippen molar-refractivity contribution >= 4 is 5.91 Å². The van der Waals surface area contributed by atoms with Crippen molar-refractivity contribution in [3.8, 4) is 22.6 Å². The third kappa shape index (κ3) is 8.43. The molecule has 2 atom stereocenters. The van der Waals surface area contributed by atoms with E-state index in [-0.39, 0.29) is 12.3 Å². The van der Waals surface area contributed by atoms with Crippen molar-refractivity contribution in [2.45, 2.75) is 38.5 Å². The van der Waals surface area contributed by atoms with Crippen molar-refractivity contribution in [3.63, 3.8) is 0 Å². The lowest BCUT2D eigenvalue weighted by atomic mass is 9.97. The molecule has 0 fully saturated rings. The monoisotopic (exact) mass is 538 g/mol. The van der Waals surface area contributed by atoms with Crippen LogP contribution >= 0.6 is 0 Å². The predicted molar refractivity (Wildman–Crippen MR) is 160 cm³/mol. The van der Waals surface area contributed by atoms with E-state index in [2.05, 4.69) is 16.7 Å². The Balaban J connectivity index is 1.43. The first-order chi connectivity index (χ1) is 19.4. The van der Waals surface area contributed by atoms with Crippen LogP contribution in [-0.2, 0) is 24.2 Å². The molecule has 0 aliphatic rings. The van der Waals surface area contributed by atoms with E-state index in [9.17, 15) is 9.90 Å². The van der Waals surface area contributed by atoms with Gasteiger partial charge in [0.1, 0.15) is 11.5 Å². The second-order valence-corrected chi connectivity index (χ2v) is 10.0. The number of aliphatic hydroxyl groups is 1. The minimum atomic E-state index is -0.778. The molecule has 0 bridgehead atoms. The first-order valence-corrected chi connectivity index (χ1v) is 13.5. The molecule has 0 saturated carbocycles. The van der Waals surface area contributed by atoms with Crippen LogP contribution in [0.4, 0.5) is 0 Å². The number of benzene rings is 4. The molecule has 1 amide bonds. The molecular formula is C34H38N2O4. The van der Waals surface area contributed by atoms with E-state index < -0.39 is 12.1 Å². The first-order valence-electron chi connectivity index (χ1n) is 13.5. The Hall–Kier alpha value is -4.13. The van der Waals surface area contributed by atoms with Gasteiger partial charge in [-0.25, -0.2) is 0 Å². The molecule has 0 unspecified atom stereocenters. The summed E-state index contributed by atoms with van der Waals surface area (Å²) in [5, 5.41) is 17.6. The number of methoxy groups -OCH3 is 2. The largest absolute Gasteiger partial charge is 0.497 e. The van der Waals surface area contributed by atoms with Gasteiger partial charge in [-0.2, -0.15) is 0 Å². The fraction of sp³-hybridized carbons (Fsp3) is 0.265. The normalized spacial score (nSPS) is 12.4. The summed E-state index contributed by atoms with van der Waals surface area (Å²) in [7, 11) is 3.29. The summed E-state index contributed by atoms with van der Waals surface area (Å²) in [5.41, 5.74) is 6.16. The van der Waals surface area contributed by atoms with Crippen LogP contribution in [0.3, 0.4) is 0 Å². The Bertz CT molecular complexity index is 1390. The van der Waals surface area contributed by atoms with E-state index in [1.54, 1.807) is 14.2 Å². The van der Waals surface area contributed by atoms with Crippen LogP contribution in [0.1, 0.15) is 22.3 Å². The van der Waals surface area contributed by atoms with Crippen LogP contribution in [0.25, 0.3) is 11.1 Å². The maximum Gasteiger partial charge on any atom is 0.224 e. The van der Waals surface area contributed by atoms with Crippen molar-refractivity contribution in [2.24, 2.45) is 0 Å². The number of carbonyl (C=O) groups excluding carboxylic acids is 1. The van der Waals surface area contributed by atoms with E-state index >= 15 is 0 Å². The van der Waals surface area contributed by atoms with Gasteiger partial charge in [0.05, 0.1) is 32.8 Å². The van der Waals surface area contributed by atoms with Crippen molar-refractivity contribution in [1.82, 2.24) is 10.6 Å². The second-order valence-electron chi connectivity index (χ2n) is 10.0. The van der Waals surface area contributed by atoms with Gasteiger partial charge in [-0.3, -0.25) is 4.79 Å². The Kier molecular flexibility index (Phi) is 10.3. The molecule has 4 aromatic rings. The number of carbonyl (C=O) groups is 1. The zero-order valence-corrected chi connectivity index (χ0v) is 23.4. The minimum Gasteiger partial charge on any atom is -0.497 e. The molecule has 0 radical (unpaired) electrons. The number of hydrogen-bond donors (Lipinski definition) is 3. The molecule has 0 aliphatic carbocycles. The number of aliphatic hydroxyl groups excluding tert-OH is 1. The van der Waals surface area contributed by atoms with Crippen LogP contribution in [0.5, 0.6) is 11.5 Å². The van der Waals surface area contributed by atoms with Gasteiger partial charge < -0.3 is 25.2 Å². The molecular weight excluding hydrogens is 500 g/mol. The smallest absolute Gasteiger partial charge is 0.224 e. The zero-order chi connectivity index (χ0) is 28.3. The summed E-state index contributed by atoms with van der Waals surface area (Å²) in [6, 6.07) is 31.3. The van der Waals surface area contributed by atoms with E-state index in [4.69, 9.17) is 9.47 Å². The highest BCUT2D eigenvalue weighted by molar-refractivity contribution is 5.80. The van der Waals surface area contributed by atoms with Gasteiger partial charge in [-0.15, -0.1) is 0 Å². The third-order valence-electron chi connectivity index (χ3n) is 6.83. The molecule has 6 nitrogen and oxygen atoms in total. The number of ether oxygens (including phenoxy) is 2. The average Bonchev–Trinajstić information content (AvgIpc) is 2.97. The number of hydrogen-bond acceptors (Lipinski definition) is 5.